The van der Waals surface area contributed by atoms with E-state index in [1.807, 2.05) is 19.9 Å². The summed E-state index contributed by atoms with van der Waals surface area (Å²) in [5, 5.41) is 8.96. The molecule has 0 N–H and O–H groups in total. The van der Waals surface area contributed by atoms with Crippen LogP contribution in [0.1, 0.15) is 36.6 Å². The van der Waals surface area contributed by atoms with E-state index in [1.54, 1.807) is 24.3 Å². The van der Waals surface area contributed by atoms with Crippen molar-refractivity contribution in [3.63, 3.8) is 0 Å². The van der Waals surface area contributed by atoms with Crippen LogP contribution in [-0.4, -0.2) is 4.57 Å². The topological polar surface area (TPSA) is 45.8 Å². The molecule has 3 nitrogen and oxygen atoms in total. The number of hydrogen-bond acceptors (Lipinski definition) is 2. The highest BCUT2D eigenvalue weighted by atomic mass is 19.1. The van der Waals surface area contributed by atoms with Crippen LogP contribution < -0.4 is 5.56 Å². The van der Waals surface area contributed by atoms with Crippen molar-refractivity contribution >= 4 is 0 Å². The van der Waals surface area contributed by atoms with Gasteiger partial charge in [-0.25, -0.2) is 4.39 Å². The molecule has 20 heavy (non-hydrogen) atoms. The third-order valence-electron chi connectivity index (χ3n) is 3.21. The van der Waals surface area contributed by atoms with Gasteiger partial charge in [0.25, 0.3) is 5.56 Å². The molecule has 0 amide bonds. The fourth-order valence-electron chi connectivity index (χ4n) is 2.14. The summed E-state index contributed by atoms with van der Waals surface area (Å²) in [6.45, 7) is 4.05. The van der Waals surface area contributed by atoms with Crippen molar-refractivity contribution in [1.82, 2.24) is 4.57 Å². The number of rotatable bonds is 3. The van der Waals surface area contributed by atoms with Crippen LogP contribution in [0.3, 0.4) is 0 Å². The molecule has 102 valence electrons. The molecular weight excluding hydrogens is 255 g/mol. The van der Waals surface area contributed by atoms with Gasteiger partial charge in [-0.3, -0.25) is 4.79 Å². The molecule has 0 spiro atoms. The Kier molecular flexibility index (Phi) is 3.99. The van der Waals surface area contributed by atoms with E-state index >= 15 is 0 Å². The molecule has 1 heterocycles. The van der Waals surface area contributed by atoms with Crippen molar-refractivity contribution in [3.8, 4) is 6.07 Å². The van der Waals surface area contributed by atoms with Crippen LogP contribution in [0.2, 0.25) is 0 Å². The normalized spacial score (nSPS) is 10.6. The van der Waals surface area contributed by atoms with Crippen molar-refractivity contribution in [2.45, 2.75) is 26.3 Å². The molecule has 0 fully saturated rings. The van der Waals surface area contributed by atoms with Gasteiger partial charge >= 0.3 is 0 Å². The van der Waals surface area contributed by atoms with Crippen LogP contribution >= 0.6 is 0 Å². The average Bonchev–Trinajstić information content (AvgIpc) is 2.43. The van der Waals surface area contributed by atoms with E-state index in [2.05, 4.69) is 0 Å². The van der Waals surface area contributed by atoms with Crippen molar-refractivity contribution in [3.05, 3.63) is 69.4 Å². The maximum atomic E-state index is 13.7. The Morgan fingerprint density at radius 3 is 2.55 bits per heavy atom. The predicted molar refractivity (Wildman–Crippen MR) is 75.0 cm³/mol. The standard InChI is InChI=1S/C16H15FN2O/c1-11(2)15-8-7-12(9-18)16(20)19(15)10-13-5-3-4-6-14(13)17/h3-8,11H,10H2,1-2H3. The van der Waals surface area contributed by atoms with Crippen LogP contribution in [-0.2, 0) is 6.54 Å². The van der Waals surface area contributed by atoms with Crippen molar-refractivity contribution < 1.29 is 4.39 Å². The van der Waals surface area contributed by atoms with Crippen molar-refractivity contribution in [1.29, 1.82) is 5.26 Å². The highest BCUT2D eigenvalue weighted by Crippen LogP contribution is 2.16. The number of pyridine rings is 1. The number of benzene rings is 1. The fourth-order valence-corrected chi connectivity index (χ4v) is 2.14. The van der Waals surface area contributed by atoms with Gasteiger partial charge < -0.3 is 4.57 Å². The molecule has 1 aromatic carbocycles. The van der Waals surface area contributed by atoms with Gasteiger partial charge in [-0.05, 0) is 24.1 Å². The van der Waals surface area contributed by atoms with E-state index in [0.717, 1.165) is 5.69 Å². The molecular formula is C16H15FN2O. The second-order valence-electron chi connectivity index (χ2n) is 4.92. The number of hydrogen-bond donors (Lipinski definition) is 0. The van der Waals surface area contributed by atoms with Gasteiger partial charge in [-0.2, -0.15) is 5.26 Å². The van der Waals surface area contributed by atoms with Gasteiger partial charge in [-0.1, -0.05) is 32.0 Å². The molecule has 0 aliphatic carbocycles. The summed E-state index contributed by atoms with van der Waals surface area (Å²) in [6.07, 6.45) is 0. The molecule has 0 radical (unpaired) electrons. The summed E-state index contributed by atoms with van der Waals surface area (Å²) in [4.78, 5) is 12.3. The molecule has 0 saturated carbocycles. The third-order valence-corrected chi connectivity index (χ3v) is 3.21. The van der Waals surface area contributed by atoms with Crippen LogP contribution in [0.4, 0.5) is 4.39 Å². The molecule has 0 aliphatic rings. The minimum atomic E-state index is -0.373. The highest BCUT2D eigenvalue weighted by Gasteiger charge is 2.13. The van der Waals surface area contributed by atoms with Gasteiger partial charge in [0.15, 0.2) is 0 Å². The predicted octanol–water partition coefficient (Wildman–Crippen LogP) is 3.03. The molecule has 2 rings (SSSR count). The number of halogens is 1. The smallest absolute Gasteiger partial charge is 0.268 e. The monoisotopic (exact) mass is 270 g/mol. The van der Waals surface area contributed by atoms with E-state index in [4.69, 9.17) is 5.26 Å². The lowest BCUT2D eigenvalue weighted by Gasteiger charge is -2.16. The minimum absolute atomic E-state index is 0.0748. The van der Waals surface area contributed by atoms with Crippen LogP contribution in [0.15, 0.2) is 41.2 Å². The zero-order valence-electron chi connectivity index (χ0n) is 11.4. The van der Waals surface area contributed by atoms with E-state index in [9.17, 15) is 9.18 Å². The number of nitriles is 1. The largest absolute Gasteiger partial charge is 0.307 e. The first-order valence-electron chi connectivity index (χ1n) is 6.42. The Morgan fingerprint density at radius 2 is 1.95 bits per heavy atom. The lowest BCUT2D eigenvalue weighted by Crippen LogP contribution is -2.27. The molecule has 0 aliphatic heterocycles. The number of nitrogens with zero attached hydrogens (tertiary/aromatic N) is 2. The zero-order valence-corrected chi connectivity index (χ0v) is 11.4. The minimum Gasteiger partial charge on any atom is -0.307 e. The average molecular weight is 270 g/mol. The lowest BCUT2D eigenvalue weighted by atomic mass is 10.1. The highest BCUT2D eigenvalue weighted by molar-refractivity contribution is 5.30. The summed E-state index contributed by atoms with van der Waals surface area (Å²) >= 11 is 0. The lowest BCUT2D eigenvalue weighted by molar-refractivity contribution is 0.583. The van der Waals surface area contributed by atoms with Gasteiger partial charge in [0, 0.05) is 11.3 Å². The van der Waals surface area contributed by atoms with Crippen LogP contribution in [0, 0.1) is 17.1 Å². The molecule has 0 saturated heterocycles. The molecule has 0 bridgehead atoms. The van der Waals surface area contributed by atoms with E-state index in [-0.39, 0.29) is 29.4 Å². The number of aromatic nitrogens is 1. The van der Waals surface area contributed by atoms with E-state index < -0.39 is 0 Å². The fraction of sp³-hybridized carbons (Fsp3) is 0.250. The maximum Gasteiger partial charge on any atom is 0.268 e. The van der Waals surface area contributed by atoms with E-state index in [1.165, 1.54) is 16.7 Å². The first-order chi connectivity index (χ1) is 9.54. The molecule has 1 aromatic heterocycles. The van der Waals surface area contributed by atoms with E-state index in [0.29, 0.717) is 5.56 Å². The second kappa shape index (κ2) is 5.70. The summed E-state index contributed by atoms with van der Waals surface area (Å²) < 4.78 is 15.2. The molecule has 2 aromatic rings. The van der Waals surface area contributed by atoms with Gasteiger partial charge in [0.2, 0.25) is 0 Å². The maximum absolute atomic E-state index is 13.7. The Labute approximate surface area is 116 Å². The molecule has 4 heteroatoms. The summed E-state index contributed by atoms with van der Waals surface area (Å²) in [6, 6.07) is 11.5. The van der Waals surface area contributed by atoms with Crippen molar-refractivity contribution in [2.24, 2.45) is 0 Å². The van der Waals surface area contributed by atoms with Gasteiger partial charge in [-0.15, -0.1) is 0 Å². The Hall–Kier alpha value is -2.41. The molecule has 0 unspecified atom stereocenters. The van der Waals surface area contributed by atoms with Crippen LogP contribution in [0.25, 0.3) is 0 Å². The Bertz CT molecular complexity index is 726. The zero-order chi connectivity index (χ0) is 14.7. The third kappa shape index (κ3) is 2.62. The molecule has 0 atom stereocenters. The Morgan fingerprint density at radius 1 is 1.25 bits per heavy atom. The quantitative estimate of drug-likeness (QED) is 0.860. The first kappa shape index (κ1) is 14.0. The summed E-state index contributed by atoms with van der Waals surface area (Å²) in [5.41, 5.74) is 0.927. The van der Waals surface area contributed by atoms with Crippen molar-refractivity contribution in [2.75, 3.05) is 0 Å². The second-order valence-corrected chi connectivity index (χ2v) is 4.92. The van der Waals surface area contributed by atoms with Gasteiger partial charge in [0.05, 0.1) is 6.54 Å². The summed E-state index contributed by atoms with van der Waals surface area (Å²) in [5.74, 6) is -0.237. The van der Waals surface area contributed by atoms with Crippen LogP contribution in [0.5, 0.6) is 0 Å². The first-order valence-corrected chi connectivity index (χ1v) is 6.42. The SMILES string of the molecule is CC(C)c1ccc(C#N)c(=O)n1Cc1ccccc1F. The summed E-state index contributed by atoms with van der Waals surface area (Å²) in [7, 11) is 0. The van der Waals surface area contributed by atoms with Gasteiger partial charge in [0.1, 0.15) is 17.4 Å². The Balaban J connectivity index is 2.58.